The quantitative estimate of drug-likeness (QED) is 0.800. The lowest BCUT2D eigenvalue weighted by molar-refractivity contribution is -0.274. The number of hydrogen-bond donors (Lipinski definition) is 0. The van der Waals surface area contributed by atoms with E-state index in [0.29, 0.717) is 5.56 Å². The van der Waals surface area contributed by atoms with Crippen molar-refractivity contribution in [3.63, 3.8) is 0 Å². The van der Waals surface area contributed by atoms with Gasteiger partial charge in [-0.05, 0) is 38.5 Å². The van der Waals surface area contributed by atoms with E-state index >= 15 is 0 Å². The SMILES string of the molecule is CC(C)(C)S(=O)/N=C/c1cccc(OC(F)(F)F)c1. The van der Waals surface area contributed by atoms with E-state index in [-0.39, 0.29) is 5.75 Å². The van der Waals surface area contributed by atoms with Crippen LogP contribution in [0.25, 0.3) is 0 Å². The first-order valence-corrected chi connectivity index (χ1v) is 6.50. The molecule has 0 aromatic heterocycles. The molecular formula is C12H14F3NO2S. The molecule has 1 aromatic rings. The van der Waals surface area contributed by atoms with Gasteiger partial charge in [-0.15, -0.1) is 13.2 Å². The van der Waals surface area contributed by atoms with Crippen molar-refractivity contribution in [3.8, 4) is 5.75 Å². The molecule has 0 aliphatic heterocycles. The van der Waals surface area contributed by atoms with E-state index in [1.165, 1.54) is 24.4 Å². The Morgan fingerprint density at radius 2 is 1.89 bits per heavy atom. The molecule has 1 unspecified atom stereocenters. The summed E-state index contributed by atoms with van der Waals surface area (Å²) in [7, 11) is -1.46. The smallest absolute Gasteiger partial charge is 0.406 e. The Morgan fingerprint density at radius 3 is 2.42 bits per heavy atom. The number of alkyl halides is 3. The largest absolute Gasteiger partial charge is 0.573 e. The first-order chi connectivity index (χ1) is 8.58. The van der Waals surface area contributed by atoms with Crippen molar-refractivity contribution >= 4 is 17.2 Å². The number of halogens is 3. The summed E-state index contributed by atoms with van der Waals surface area (Å²) in [6.45, 7) is 5.26. The highest BCUT2D eigenvalue weighted by Gasteiger charge is 2.31. The maximum absolute atomic E-state index is 12.0. The first-order valence-electron chi connectivity index (χ1n) is 5.40. The molecule has 1 rings (SSSR count). The molecule has 1 aromatic carbocycles. The summed E-state index contributed by atoms with van der Waals surface area (Å²) in [6.07, 6.45) is -3.46. The van der Waals surface area contributed by atoms with Gasteiger partial charge < -0.3 is 4.74 Å². The second kappa shape index (κ2) is 5.73. The van der Waals surface area contributed by atoms with Crippen molar-refractivity contribution in [1.82, 2.24) is 0 Å². The highest BCUT2D eigenvalue weighted by atomic mass is 32.2. The van der Waals surface area contributed by atoms with E-state index in [2.05, 4.69) is 9.13 Å². The molecule has 0 radical (unpaired) electrons. The van der Waals surface area contributed by atoms with Crippen LogP contribution < -0.4 is 4.74 Å². The minimum absolute atomic E-state index is 0.335. The highest BCUT2D eigenvalue weighted by molar-refractivity contribution is 7.85. The van der Waals surface area contributed by atoms with Crippen LogP contribution in [0.1, 0.15) is 26.3 Å². The monoisotopic (exact) mass is 293 g/mol. The van der Waals surface area contributed by atoms with Crippen molar-refractivity contribution in [2.24, 2.45) is 4.40 Å². The van der Waals surface area contributed by atoms with E-state index in [0.717, 1.165) is 0 Å². The van der Waals surface area contributed by atoms with Gasteiger partial charge in [0.1, 0.15) is 16.7 Å². The molecule has 0 spiro atoms. The van der Waals surface area contributed by atoms with Crippen molar-refractivity contribution in [1.29, 1.82) is 0 Å². The maximum Gasteiger partial charge on any atom is 0.573 e. The molecular weight excluding hydrogens is 279 g/mol. The Kier molecular flexibility index (Phi) is 4.73. The van der Waals surface area contributed by atoms with Gasteiger partial charge in [-0.25, -0.2) is 4.21 Å². The fourth-order valence-corrected chi connectivity index (χ4v) is 1.59. The predicted octanol–water partition coefficient (Wildman–Crippen LogP) is 3.47. The Balaban J connectivity index is 2.84. The number of hydrogen-bond acceptors (Lipinski definition) is 2. The Labute approximate surface area is 112 Å². The predicted molar refractivity (Wildman–Crippen MR) is 68.6 cm³/mol. The highest BCUT2D eigenvalue weighted by Crippen LogP contribution is 2.23. The van der Waals surface area contributed by atoms with Gasteiger partial charge in [-0.3, -0.25) is 0 Å². The van der Waals surface area contributed by atoms with E-state index in [4.69, 9.17) is 0 Å². The van der Waals surface area contributed by atoms with E-state index in [1.54, 1.807) is 26.8 Å². The molecule has 0 aliphatic carbocycles. The second-order valence-corrected chi connectivity index (χ2v) is 6.65. The van der Waals surface area contributed by atoms with Crippen molar-refractivity contribution < 1.29 is 22.1 Å². The molecule has 0 bridgehead atoms. The summed E-state index contributed by atoms with van der Waals surface area (Å²) >= 11 is 0. The van der Waals surface area contributed by atoms with Crippen LogP contribution in [-0.4, -0.2) is 21.5 Å². The van der Waals surface area contributed by atoms with Crippen LogP contribution in [-0.2, 0) is 11.0 Å². The molecule has 1 atom stereocenters. The molecule has 7 heteroatoms. The zero-order valence-corrected chi connectivity index (χ0v) is 11.5. The average molecular weight is 293 g/mol. The zero-order valence-electron chi connectivity index (χ0n) is 10.7. The van der Waals surface area contributed by atoms with Crippen molar-refractivity contribution in [2.75, 3.05) is 0 Å². The third-order valence-corrected chi connectivity index (χ3v) is 3.26. The number of nitrogens with zero attached hydrogens (tertiary/aromatic N) is 1. The first kappa shape index (κ1) is 15.7. The van der Waals surface area contributed by atoms with Gasteiger partial charge in [0.15, 0.2) is 0 Å². The van der Waals surface area contributed by atoms with Gasteiger partial charge in [0.25, 0.3) is 0 Å². The van der Waals surface area contributed by atoms with Crippen LogP contribution >= 0.6 is 0 Å². The molecule has 106 valence electrons. The van der Waals surface area contributed by atoms with Gasteiger partial charge in [0.2, 0.25) is 0 Å². The fourth-order valence-electron chi connectivity index (χ4n) is 1.06. The van der Waals surface area contributed by atoms with Crippen LogP contribution in [0.3, 0.4) is 0 Å². The molecule has 0 N–H and O–H groups in total. The number of rotatable bonds is 3. The van der Waals surface area contributed by atoms with Gasteiger partial charge in [-0.1, -0.05) is 12.1 Å². The van der Waals surface area contributed by atoms with E-state index < -0.39 is 22.1 Å². The topological polar surface area (TPSA) is 38.7 Å². The molecule has 0 saturated carbocycles. The van der Waals surface area contributed by atoms with Crippen molar-refractivity contribution in [3.05, 3.63) is 29.8 Å². The summed E-state index contributed by atoms with van der Waals surface area (Å²) in [5, 5.41) is 0. The van der Waals surface area contributed by atoms with E-state index in [1.807, 2.05) is 0 Å². The summed E-state index contributed by atoms with van der Waals surface area (Å²) in [6, 6.07) is 5.32. The molecule has 0 fully saturated rings. The van der Waals surface area contributed by atoms with Gasteiger partial charge >= 0.3 is 6.36 Å². The van der Waals surface area contributed by atoms with Gasteiger partial charge in [-0.2, -0.15) is 4.40 Å². The van der Waals surface area contributed by atoms with E-state index in [9.17, 15) is 17.4 Å². The summed E-state index contributed by atoms with van der Waals surface area (Å²) in [5.74, 6) is -0.335. The number of ether oxygens (including phenoxy) is 1. The molecule has 0 saturated heterocycles. The fraction of sp³-hybridized carbons (Fsp3) is 0.417. The molecule has 0 aliphatic rings. The lowest BCUT2D eigenvalue weighted by Gasteiger charge is -2.12. The summed E-state index contributed by atoms with van der Waals surface area (Å²) < 4.78 is 54.8. The minimum Gasteiger partial charge on any atom is -0.406 e. The average Bonchev–Trinajstić information content (AvgIpc) is 2.22. The minimum atomic E-state index is -4.73. The lowest BCUT2D eigenvalue weighted by atomic mass is 10.2. The second-order valence-electron chi connectivity index (χ2n) is 4.72. The molecule has 19 heavy (non-hydrogen) atoms. The van der Waals surface area contributed by atoms with Crippen LogP contribution in [0.5, 0.6) is 5.75 Å². The Hall–Kier alpha value is -1.37. The molecule has 0 heterocycles. The van der Waals surface area contributed by atoms with Crippen LogP contribution in [0.2, 0.25) is 0 Å². The van der Waals surface area contributed by atoms with Crippen LogP contribution in [0, 0.1) is 0 Å². The third-order valence-electron chi connectivity index (χ3n) is 1.91. The zero-order chi connectivity index (χ0) is 14.7. The lowest BCUT2D eigenvalue weighted by Crippen LogP contribution is -2.19. The molecule has 3 nitrogen and oxygen atoms in total. The standard InChI is InChI=1S/C12H14F3NO2S/c1-11(2,3)19(17)16-8-9-5-4-6-10(7-9)18-12(13,14)15/h4-8H,1-3H3/b16-8+. The summed E-state index contributed by atoms with van der Waals surface area (Å²) in [5.41, 5.74) is 0.388. The van der Waals surface area contributed by atoms with Gasteiger partial charge in [0.05, 0.1) is 4.75 Å². The Bertz CT molecular complexity index is 492. The van der Waals surface area contributed by atoms with Crippen LogP contribution in [0.4, 0.5) is 13.2 Å². The van der Waals surface area contributed by atoms with Gasteiger partial charge in [0, 0.05) is 6.21 Å². The molecule has 0 amide bonds. The number of benzene rings is 1. The van der Waals surface area contributed by atoms with Crippen LogP contribution in [0.15, 0.2) is 28.7 Å². The normalized spacial score (nSPS) is 14.6. The maximum atomic E-state index is 12.0. The Morgan fingerprint density at radius 1 is 1.26 bits per heavy atom. The third kappa shape index (κ3) is 5.87. The van der Waals surface area contributed by atoms with Crippen molar-refractivity contribution in [2.45, 2.75) is 31.9 Å². The summed E-state index contributed by atoms with van der Waals surface area (Å²) in [4.78, 5) is 0.